The lowest BCUT2D eigenvalue weighted by molar-refractivity contribution is -0.167. The molecule has 0 aliphatic carbocycles. The summed E-state index contributed by atoms with van der Waals surface area (Å²) in [6.45, 7) is 4.21. The van der Waals surface area contributed by atoms with Crippen LogP contribution < -0.4 is 14.8 Å². The molecule has 1 N–H and O–H groups in total. The van der Waals surface area contributed by atoms with Crippen LogP contribution in [-0.2, 0) is 9.53 Å². The predicted molar refractivity (Wildman–Crippen MR) is 134 cm³/mol. The number of nitrogens with one attached hydrogen (secondary N) is 1. The number of ether oxygens (including phenoxy) is 3. The largest absolute Gasteiger partial charge is 0.491 e. The van der Waals surface area contributed by atoms with E-state index in [0.717, 1.165) is 11.1 Å². The molecule has 192 valence electrons. The van der Waals surface area contributed by atoms with Crippen molar-refractivity contribution in [1.82, 2.24) is 0 Å². The molecule has 3 aromatic rings. The Hall–Kier alpha value is -3.96. The molecule has 1 fully saturated rings. The van der Waals surface area contributed by atoms with Gasteiger partial charge in [0.15, 0.2) is 0 Å². The summed E-state index contributed by atoms with van der Waals surface area (Å²) in [5, 5.41) is 1.87. The predicted octanol–water partition coefficient (Wildman–Crippen LogP) is 5.84. The lowest BCUT2D eigenvalue weighted by Gasteiger charge is -2.20. The van der Waals surface area contributed by atoms with Crippen LogP contribution in [0.1, 0.15) is 23.1 Å². The fraction of sp³-hybridized carbons (Fsp3) is 0.276. The standard InChI is InChI=1S/C29H26F3NO4/c1-19-7-12-22(13-8-19)35-18-27-26(36-23-14-9-20(2)10-15-23)17-24(37-27)16-11-21-5-3-4-6-25(21)33-28(34)29(30,31)32/h3-10,12-15,24,26-27H,17-18H2,1-2H3,(H,33,34)/t24-,26+,27-/m1/s1. The highest BCUT2D eigenvalue weighted by Crippen LogP contribution is 2.27. The van der Waals surface area contributed by atoms with Crippen LogP contribution in [0.4, 0.5) is 18.9 Å². The summed E-state index contributed by atoms with van der Waals surface area (Å²) in [4.78, 5) is 11.4. The molecular formula is C29H26F3NO4. The Morgan fingerprint density at radius 1 is 0.973 bits per heavy atom. The van der Waals surface area contributed by atoms with Gasteiger partial charge in [-0.2, -0.15) is 13.2 Å². The van der Waals surface area contributed by atoms with Crippen molar-refractivity contribution in [2.45, 2.75) is 44.8 Å². The second-order valence-electron chi connectivity index (χ2n) is 8.76. The van der Waals surface area contributed by atoms with Gasteiger partial charge in [0.05, 0.1) is 5.69 Å². The van der Waals surface area contributed by atoms with Crippen molar-refractivity contribution in [3.8, 4) is 23.3 Å². The van der Waals surface area contributed by atoms with Crippen molar-refractivity contribution < 1.29 is 32.2 Å². The van der Waals surface area contributed by atoms with Gasteiger partial charge >= 0.3 is 12.1 Å². The summed E-state index contributed by atoms with van der Waals surface area (Å²) >= 11 is 0. The second-order valence-corrected chi connectivity index (χ2v) is 8.76. The maximum absolute atomic E-state index is 12.7. The van der Waals surface area contributed by atoms with E-state index in [1.807, 2.05) is 67.7 Å². The normalized spacial score (nSPS) is 19.0. The molecule has 1 saturated heterocycles. The smallest absolute Gasteiger partial charge is 0.471 e. The van der Waals surface area contributed by atoms with Crippen molar-refractivity contribution in [1.29, 1.82) is 0 Å². The number of alkyl halides is 3. The van der Waals surface area contributed by atoms with Crippen LogP contribution in [-0.4, -0.2) is 37.0 Å². The quantitative estimate of drug-likeness (QED) is 0.424. The zero-order valence-electron chi connectivity index (χ0n) is 20.3. The Labute approximate surface area is 213 Å². The molecule has 1 amide bonds. The molecule has 0 saturated carbocycles. The molecule has 37 heavy (non-hydrogen) atoms. The van der Waals surface area contributed by atoms with Crippen LogP contribution >= 0.6 is 0 Å². The first-order valence-electron chi connectivity index (χ1n) is 11.7. The van der Waals surface area contributed by atoms with E-state index >= 15 is 0 Å². The molecule has 0 radical (unpaired) electrons. The number of rotatable bonds is 6. The van der Waals surface area contributed by atoms with Gasteiger partial charge in [-0.25, -0.2) is 0 Å². The van der Waals surface area contributed by atoms with Crippen molar-refractivity contribution in [2.75, 3.05) is 11.9 Å². The van der Waals surface area contributed by atoms with E-state index in [1.165, 1.54) is 18.2 Å². The highest BCUT2D eigenvalue weighted by Gasteiger charge is 2.39. The number of aryl methyl sites for hydroxylation is 2. The van der Waals surface area contributed by atoms with E-state index < -0.39 is 24.3 Å². The van der Waals surface area contributed by atoms with Gasteiger partial charge in [0.1, 0.15) is 36.4 Å². The zero-order valence-corrected chi connectivity index (χ0v) is 20.3. The number of para-hydroxylation sites is 1. The highest BCUT2D eigenvalue weighted by atomic mass is 19.4. The van der Waals surface area contributed by atoms with Crippen LogP contribution in [0.2, 0.25) is 0 Å². The highest BCUT2D eigenvalue weighted by molar-refractivity contribution is 5.96. The molecular weight excluding hydrogens is 483 g/mol. The lowest BCUT2D eigenvalue weighted by Crippen LogP contribution is -2.32. The summed E-state index contributed by atoms with van der Waals surface area (Å²) in [5.74, 6) is 5.15. The summed E-state index contributed by atoms with van der Waals surface area (Å²) in [7, 11) is 0. The Kier molecular flexibility index (Phi) is 8.04. The average Bonchev–Trinajstić information content (AvgIpc) is 3.25. The third-order valence-corrected chi connectivity index (χ3v) is 5.74. The minimum atomic E-state index is -5.00. The van der Waals surface area contributed by atoms with E-state index in [2.05, 4.69) is 11.8 Å². The van der Waals surface area contributed by atoms with Crippen LogP contribution in [0.15, 0.2) is 72.8 Å². The number of benzene rings is 3. The fourth-order valence-electron chi connectivity index (χ4n) is 3.74. The first-order chi connectivity index (χ1) is 17.7. The zero-order chi connectivity index (χ0) is 26.4. The Balaban J connectivity index is 1.49. The first-order valence-corrected chi connectivity index (χ1v) is 11.7. The third kappa shape index (κ3) is 7.28. The molecule has 1 aliphatic heterocycles. The number of hydrogen-bond acceptors (Lipinski definition) is 4. The molecule has 8 heteroatoms. The number of carbonyl (C=O) groups excluding carboxylic acids is 1. The van der Waals surface area contributed by atoms with E-state index in [-0.39, 0.29) is 24.0 Å². The Morgan fingerprint density at radius 3 is 2.24 bits per heavy atom. The lowest BCUT2D eigenvalue weighted by atomic mass is 10.1. The average molecular weight is 510 g/mol. The summed E-state index contributed by atoms with van der Waals surface area (Å²) < 4.78 is 56.4. The van der Waals surface area contributed by atoms with E-state index in [9.17, 15) is 18.0 Å². The first kappa shape index (κ1) is 26.1. The molecule has 1 heterocycles. The van der Waals surface area contributed by atoms with E-state index in [0.29, 0.717) is 17.9 Å². The number of hydrogen-bond donors (Lipinski definition) is 1. The van der Waals surface area contributed by atoms with E-state index in [4.69, 9.17) is 14.2 Å². The SMILES string of the molecule is Cc1ccc(OC[C@H]2O[C@H](C#Cc3ccccc3NC(=O)C(F)(F)F)C[C@@H]2Oc2ccc(C)cc2)cc1. The van der Waals surface area contributed by atoms with Crippen molar-refractivity contribution in [3.05, 3.63) is 89.5 Å². The Bertz CT molecular complexity index is 1280. The van der Waals surface area contributed by atoms with Crippen LogP contribution in [0.3, 0.4) is 0 Å². The number of carbonyl (C=O) groups is 1. The summed E-state index contributed by atoms with van der Waals surface area (Å²) in [5.41, 5.74) is 2.45. The molecule has 3 aromatic carbocycles. The summed E-state index contributed by atoms with van der Waals surface area (Å²) in [6, 6.07) is 21.4. The van der Waals surface area contributed by atoms with Crippen LogP contribution in [0.25, 0.3) is 0 Å². The minimum absolute atomic E-state index is 0.0259. The molecule has 0 bridgehead atoms. The molecule has 4 rings (SSSR count). The van der Waals surface area contributed by atoms with Gasteiger partial charge in [-0.3, -0.25) is 4.79 Å². The third-order valence-electron chi connectivity index (χ3n) is 5.74. The van der Waals surface area contributed by atoms with Gasteiger partial charge in [0.2, 0.25) is 0 Å². The van der Waals surface area contributed by atoms with Crippen molar-refractivity contribution >= 4 is 11.6 Å². The molecule has 0 spiro atoms. The topological polar surface area (TPSA) is 56.8 Å². The van der Waals surface area contributed by atoms with Crippen LogP contribution in [0.5, 0.6) is 11.5 Å². The maximum atomic E-state index is 12.7. The van der Waals surface area contributed by atoms with Gasteiger partial charge in [0, 0.05) is 12.0 Å². The van der Waals surface area contributed by atoms with Gasteiger partial charge in [-0.05, 0) is 50.2 Å². The fourth-order valence-corrected chi connectivity index (χ4v) is 3.74. The summed E-state index contributed by atoms with van der Waals surface area (Å²) in [6.07, 6.45) is -5.90. The van der Waals surface area contributed by atoms with E-state index in [1.54, 1.807) is 6.07 Å². The number of amides is 1. The molecule has 0 aromatic heterocycles. The van der Waals surface area contributed by atoms with Crippen molar-refractivity contribution in [3.63, 3.8) is 0 Å². The maximum Gasteiger partial charge on any atom is 0.471 e. The second kappa shape index (κ2) is 11.4. The van der Waals surface area contributed by atoms with Gasteiger partial charge < -0.3 is 19.5 Å². The molecule has 0 unspecified atom stereocenters. The van der Waals surface area contributed by atoms with Gasteiger partial charge in [-0.1, -0.05) is 59.4 Å². The van der Waals surface area contributed by atoms with Crippen LogP contribution in [0, 0.1) is 25.7 Å². The Morgan fingerprint density at radius 2 is 1.59 bits per heavy atom. The molecule has 1 aliphatic rings. The van der Waals surface area contributed by atoms with Crippen molar-refractivity contribution in [2.24, 2.45) is 0 Å². The minimum Gasteiger partial charge on any atom is -0.491 e. The monoisotopic (exact) mass is 509 g/mol. The number of halogens is 3. The molecule has 5 nitrogen and oxygen atoms in total. The van der Waals surface area contributed by atoms with Gasteiger partial charge in [-0.15, -0.1) is 0 Å². The van der Waals surface area contributed by atoms with Gasteiger partial charge in [0.25, 0.3) is 0 Å². The number of anilines is 1. The molecule has 3 atom stereocenters.